The molecule has 150 valence electrons. The number of likely N-dealkylation sites (tertiary alicyclic amines) is 1. The highest BCUT2D eigenvalue weighted by Crippen LogP contribution is 2.26. The third kappa shape index (κ3) is 3.88. The van der Waals surface area contributed by atoms with Crippen molar-refractivity contribution < 1.29 is 23.9 Å². The van der Waals surface area contributed by atoms with Crippen molar-refractivity contribution in [2.24, 2.45) is 5.92 Å². The summed E-state index contributed by atoms with van der Waals surface area (Å²) in [7, 11) is 1.59. The lowest BCUT2D eigenvalue weighted by atomic mass is 9.88. The van der Waals surface area contributed by atoms with Crippen LogP contribution in [0.15, 0.2) is 48.5 Å². The molecule has 1 saturated heterocycles. The number of methoxy groups -OCH3 is 1. The maximum absolute atomic E-state index is 12.9. The van der Waals surface area contributed by atoms with Gasteiger partial charge in [0, 0.05) is 31.0 Å². The van der Waals surface area contributed by atoms with Crippen LogP contribution in [-0.2, 0) is 16.0 Å². The Labute approximate surface area is 169 Å². The Bertz CT molecular complexity index is 929. The van der Waals surface area contributed by atoms with Crippen LogP contribution in [0.4, 0.5) is 0 Å². The molecule has 0 bridgehead atoms. The van der Waals surface area contributed by atoms with Crippen molar-refractivity contribution >= 4 is 17.7 Å². The lowest BCUT2D eigenvalue weighted by molar-refractivity contribution is -0.142. The van der Waals surface area contributed by atoms with E-state index >= 15 is 0 Å². The number of Topliss-reactive ketones (excluding diaryl/α,β-unsaturated/α-hetero) is 1. The lowest BCUT2D eigenvalue weighted by Gasteiger charge is -2.34. The molecule has 0 unspecified atom stereocenters. The van der Waals surface area contributed by atoms with Gasteiger partial charge in [-0.1, -0.05) is 18.2 Å². The summed E-state index contributed by atoms with van der Waals surface area (Å²) in [6.45, 7) is 0.974. The number of cyclic esters (lactones) is 1. The third-order valence-electron chi connectivity index (χ3n) is 5.72. The third-order valence-corrected chi connectivity index (χ3v) is 5.72. The van der Waals surface area contributed by atoms with Gasteiger partial charge in [-0.3, -0.25) is 9.59 Å². The number of carbonyl (C=O) groups is 3. The Kier molecular flexibility index (Phi) is 5.34. The molecule has 1 fully saturated rings. The number of ketones is 1. The molecule has 6 nitrogen and oxygen atoms in total. The van der Waals surface area contributed by atoms with Crippen molar-refractivity contribution in [3.63, 3.8) is 0 Å². The molecule has 2 aliphatic heterocycles. The SMILES string of the molecule is COc1ccc(C(=O)C2CCN(C(=O)[C@H]3Cc4ccccc4C(=O)O3)CC2)cc1. The van der Waals surface area contributed by atoms with Gasteiger partial charge in [-0.25, -0.2) is 4.79 Å². The first kappa shape index (κ1) is 19.2. The maximum Gasteiger partial charge on any atom is 0.339 e. The molecule has 2 aliphatic rings. The van der Waals surface area contributed by atoms with Gasteiger partial charge in [-0.15, -0.1) is 0 Å². The van der Waals surface area contributed by atoms with Gasteiger partial charge in [0.05, 0.1) is 12.7 Å². The number of amides is 1. The molecule has 2 heterocycles. The molecule has 0 spiro atoms. The fourth-order valence-electron chi connectivity index (χ4n) is 4.03. The summed E-state index contributed by atoms with van der Waals surface area (Å²) in [5, 5.41) is 0. The Morgan fingerprint density at radius 3 is 2.41 bits per heavy atom. The van der Waals surface area contributed by atoms with Crippen LogP contribution >= 0.6 is 0 Å². The van der Waals surface area contributed by atoms with Gasteiger partial charge in [-0.05, 0) is 48.7 Å². The molecular formula is C23H23NO5. The first-order valence-electron chi connectivity index (χ1n) is 9.82. The van der Waals surface area contributed by atoms with Crippen molar-refractivity contribution in [3.8, 4) is 5.75 Å². The highest BCUT2D eigenvalue weighted by molar-refractivity contribution is 5.98. The van der Waals surface area contributed by atoms with Gasteiger partial charge in [-0.2, -0.15) is 0 Å². The number of carbonyl (C=O) groups excluding carboxylic acids is 3. The molecule has 0 aliphatic carbocycles. The largest absolute Gasteiger partial charge is 0.497 e. The zero-order valence-corrected chi connectivity index (χ0v) is 16.3. The van der Waals surface area contributed by atoms with Gasteiger partial charge < -0.3 is 14.4 Å². The van der Waals surface area contributed by atoms with Gasteiger partial charge in [0.2, 0.25) is 0 Å². The molecule has 4 rings (SSSR count). The molecule has 1 atom stereocenters. The molecule has 0 saturated carbocycles. The fraction of sp³-hybridized carbons (Fsp3) is 0.348. The number of ether oxygens (including phenoxy) is 2. The van der Waals surface area contributed by atoms with Gasteiger partial charge in [0.15, 0.2) is 11.9 Å². The summed E-state index contributed by atoms with van der Waals surface area (Å²) in [6.07, 6.45) is 0.818. The number of hydrogen-bond donors (Lipinski definition) is 0. The standard InChI is InChI=1S/C23H23NO5/c1-28-18-8-6-15(7-9-18)21(25)16-10-12-24(13-11-16)22(26)20-14-17-4-2-3-5-19(17)23(27)29-20/h2-9,16,20H,10-14H2,1H3/t20-/m1/s1. The second-order valence-corrected chi connectivity index (χ2v) is 7.45. The molecule has 2 aromatic carbocycles. The van der Waals surface area contributed by atoms with Crippen LogP contribution in [0.2, 0.25) is 0 Å². The predicted octanol–water partition coefficient (Wildman–Crippen LogP) is 2.90. The van der Waals surface area contributed by atoms with Crippen molar-refractivity contribution in [3.05, 3.63) is 65.2 Å². The minimum Gasteiger partial charge on any atom is -0.497 e. The quantitative estimate of drug-likeness (QED) is 0.590. The van der Waals surface area contributed by atoms with E-state index < -0.39 is 12.1 Å². The number of fused-ring (bicyclic) bond motifs is 1. The second kappa shape index (κ2) is 8.07. The number of rotatable bonds is 4. The highest BCUT2D eigenvalue weighted by Gasteiger charge is 2.36. The van der Waals surface area contributed by atoms with Crippen molar-refractivity contribution in [1.29, 1.82) is 0 Å². The van der Waals surface area contributed by atoms with E-state index in [0.717, 1.165) is 5.56 Å². The smallest absolute Gasteiger partial charge is 0.339 e. The Morgan fingerprint density at radius 1 is 1.03 bits per heavy atom. The van der Waals surface area contributed by atoms with Crippen molar-refractivity contribution in [1.82, 2.24) is 4.90 Å². The molecule has 29 heavy (non-hydrogen) atoms. The molecule has 6 heteroatoms. The van der Waals surface area contributed by atoms with Gasteiger partial charge in [0.1, 0.15) is 5.75 Å². The van der Waals surface area contributed by atoms with Crippen LogP contribution in [0.3, 0.4) is 0 Å². The van der Waals surface area contributed by atoms with Crippen LogP contribution < -0.4 is 4.74 Å². The summed E-state index contributed by atoms with van der Waals surface area (Å²) >= 11 is 0. The average molecular weight is 393 g/mol. The van der Waals surface area contributed by atoms with Crippen LogP contribution in [0.1, 0.15) is 39.1 Å². The number of piperidine rings is 1. The normalized spacial score (nSPS) is 19.3. The zero-order valence-electron chi connectivity index (χ0n) is 16.3. The predicted molar refractivity (Wildman–Crippen MR) is 106 cm³/mol. The van der Waals surface area contributed by atoms with E-state index in [4.69, 9.17) is 9.47 Å². The van der Waals surface area contributed by atoms with E-state index in [9.17, 15) is 14.4 Å². The van der Waals surface area contributed by atoms with E-state index in [2.05, 4.69) is 0 Å². The van der Waals surface area contributed by atoms with E-state index in [0.29, 0.717) is 49.2 Å². The first-order chi connectivity index (χ1) is 14.1. The highest BCUT2D eigenvalue weighted by atomic mass is 16.5. The van der Waals surface area contributed by atoms with Crippen molar-refractivity contribution in [2.45, 2.75) is 25.4 Å². The summed E-state index contributed by atoms with van der Waals surface area (Å²) < 4.78 is 10.5. The number of hydrogen-bond acceptors (Lipinski definition) is 5. The summed E-state index contributed by atoms with van der Waals surface area (Å²) in [5.74, 6) is 0.0726. The van der Waals surface area contributed by atoms with Crippen molar-refractivity contribution in [2.75, 3.05) is 20.2 Å². The van der Waals surface area contributed by atoms with E-state index in [1.165, 1.54) is 0 Å². The average Bonchev–Trinajstić information content (AvgIpc) is 2.78. The van der Waals surface area contributed by atoms with E-state index in [-0.39, 0.29) is 17.6 Å². The first-order valence-corrected chi connectivity index (χ1v) is 9.82. The topological polar surface area (TPSA) is 72.9 Å². The van der Waals surface area contributed by atoms with E-state index in [1.54, 1.807) is 48.4 Å². The number of benzene rings is 2. The molecule has 1 amide bonds. The molecule has 0 radical (unpaired) electrons. The minimum atomic E-state index is -0.786. The molecular weight excluding hydrogens is 370 g/mol. The zero-order chi connectivity index (χ0) is 20.4. The van der Waals surface area contributed by atoms with Crippen LogP contribution in [0.5, 0.6) is 5.75 Å². The summed E-state index contributed by atoms with van der Waals surface area (Å²) in [4.78, 5) is 39.5. The second-order valence-electron chi connectivity index (χ2n) is 7.45. The summed E-state index contributed by atoms with van der Waals surface area (Å²) in [5.41, 5.74) is 2.03. The Hall–Kier alpha value is -3.15. The Morgan fingerprint density at radius 2 is 1.72 bits per heavy atom. The monoisotopic (exact) mass is 393 g/mol. The van der Waals surface area contributed by atoms with Gasteiger partial charge in [0.25, 0.3) is 5.91 Å². The van der Waals surface area contributed by atoms with Crippen LogP contribution in [0.25, 0.3) is 0 Å². The number of esters is 1. The molecule has 0 aromatic heterocycles. The maximum atomic E-state index is 12.9. The van der Waals surface area contributed by atoms with Crippen LogP contribution in [-0.4, -0.2) is 48.9 Å². The van der Waals surface area contributed by atoms with Crippen LogP contribution in [0, 0.1) is 5.92 Å². The fourth-order valence-corrected chi connectivity index (χ4v) is 4.03. The minimum absolute atomic E-state index is 0.0952. The van der Waals surface area contributed by atoms with E-state index in [1.807, 2.05) is 12.1 Å². The lowest BCUT2D eigenvalue weighted by Crippen LogP contribution is -2.48. The van der Waals surface area contributed by atoms with Gasteiger partial charge >= 0.3 is 5.97 Å². The number of nitrogens with zero attached hydrogens (tertiary/aromatic N) is 1. The summed E-state index contributed by atoms with van der Waals surface area (Å²) in [6, 6.07) is 14.3. The Balaban J connectivity index is 1.36. The molecule has 2 aromatic rings. The molecule has 0 N–H and O–H groups in total.